The maximum atomic E-state index is 10.8. The van der Waals surface area contributed by atoms with Gasteiger partial charge in [0.1, 0.15) is 0 Å². The quantitative estimate of drug-likeness (QED) is 0.0677. The zero-order valence-electron chi connectivity index (χ0n) is 26.5. The van der Waals surface area contributed by atoms with Gasteiger partial charge in [-0.15, -0.1) is 0 Å². The van der Waals surface area contributed by atoms with Crippen LogP contribution >= 0.6 is 0 Å². The van der Waals surface area contributed by atoms with Gasteiger partial charge in [0.2, 0.25) is 17.2 Å². The van der Waals surface area contributed by atoms with E-state index in [4.69, 9.17) is 15.2 Å². The van der Waals surface area contributed by atoms with Crippen LogP contribution in [0.1, 0.15) is 23.1 Å². The van der Waals surface area contributed by atoms with Gasteiger partial charge in [0.15, 0.2) is 17.3 Å². The number of phenolic OH excluding ortho intramolecular Hbond substituents is 5. The average Bonchev–Trinajstić information content (AvgIpc) is 3.16. The van der Waals surface area contributed by atoms with Gasteiger partial charge in [0.25, 0.3) is 0 Å². The Bertz CT molecular complexity index is 2510. The molecule has 7 rings (SSSR count). The summed E-state index contributed by atoms with van der Waals surface area (Å²) in [5.74, 6) is -4.38. The SMILES string of the molecule is C=C/C(=C\C=C1\C=CC(c2ccc3cccc(-c4nc(-c5c(O)c(O)c(O)c(O)c5O)c5ccccc5n4)c3c2)=CC1)c1ccc(C#N)cc1. The predicted octanol–water partition coefficient (Wildman–Crippen LogP) is 9.06. The lowest BCUT2D eigenvalue weighted by molar-refractivity contribution is 0.330. The molecule has 8 heteroatoms. The zero-order valence-corrected chi connectivity index (χ0v) is 26.5. The van der Waals surface area contributed by atoms with E-state index in [-0.39, 0.29) is 17.1 Å². The van der Waals surface area contributed by atoms with E-state index in [1.165, 1.54) is 0 Å². The Morgan fingerprint density at radius 2 is 1.50 bits per heavy atom. The molecule has 1 heterocycles. The van der Waals surface area contributed by atoms with Crippen LogP contribution < -0.4 is 0 Å². The molecule has 0 saturated heterocycles. The molecule has 6 aromatic rings. The van der Waals surface area contributed by atoms with Crippen LogP contribution in [0, 0.1) is 11.3 Å². The first-order valence-corrected chi connectivity index (χ1v) is 15.7. The fraction of sp³-hybridized carbons (Fsp3) is 0.0238. The van der Waals surface area contributed by atoms with Gasteiger partial charge in [-0.25, -0.2) is 9.97 Å². The number of hydrogen-bond donors (Lipinski definition) is 5. The summed E-state index contributed by atoms with van der Waals surface area (Å²) in [4.78, 5) is 9.57. The van der Waals surface area contributed by atoms with Gasteiger partial charge in [-0.05, 0) is 69.3 Å². The minimum atomic E-state index is -1.04. The maximum absolute atomic E-state index is 10.8. The van der Waals surface area contributed by atoms with Gasteiger partial charge in [-0.3, -0.25) is 0 Å². The highest BCUT2D eigenvalue weighted by Crippen LogP contribution is 2.55. The van der Waals surface area contributed by atoms with E-state index in [1.807, 2.05) is 42.5 Å². The lowest BCUT2D eigenvalue weighted by atomic mass is 9.93. The molecule has 5 N–H and O–H groups in total. The number of para-hydroxylation sites is 1. The van der Waals surface area contributed by atoms with Crippen LogP contribution in [0.15, 0.2) is 134 Å². The lowest BCUT2D eigenvalue weighted by Gasteiger charge is -2.15. The molecule has 0 unspecified atom stereocenters. The first-order valence-electron chi connectivity index (χ1n) is 15.7. The number of hydrogen-bond acceptors (Lipinski definition) is 8. The minimum Gasteiger partial charge on any atom is -0.504 e. The Morgan fingerprint density at radius 1 is 0.760 bits per heavy atom. The van der Waals surface area contributed by atoms with Crippen molar-refractivity contribution in [3.63, 3.8) is 0 Å². The van der Waals surface area contributed by atoms with E-state index in [1.54, 1.807) is 42.5 Å². The second-order valence-electron chi connectivity index (χ2n) is 11.7. The molecule has 1 aliphatic carbocycles. The highest BCUT2D eigenvalue weighted by atomic mass is 16.4. The van der Waals surface area contributed by atoms with Gasteiger partial charge < -0.3 is 25.5 Å². The summed E-state index contributed by atoms with van der Waals surface area (Å²) in [6, 6.07) is 28.4. The largest absolute Gasteiger partial charge is 0.504 e. The smallest absolute Gasteiger partial charge is 0.208 e. The molecule has 0 fully saturated rings. The molecule has 0 saturated carbocycles. The fourth-order valence-electron chi connectivity index (χ4n) is 6.06. The second kappa shape index (κ2) is 12.8. The molecule has 0 amide bonds. The first-order chi connectivity index (χ1) is 24.3. The number of nitriles is 1. The summed E-state index contributed by atoms with van der Waals surface area (Å²) < 4.78 is 0. The molecule has 50 heavy (non-hydrogen) atoms. The van der Waals surface area contributed by atoms with Crippen LogP contribution in [-0.4, -0.2) is 35.5 Å². The summed E-state index contributed by atoms with van der Waals surface area (Å²) in [7, 11) is 0. The molecule has 0 spiro atoms. The molecule has 5 aromatic carbocycles. The van der Waals surface area contributed by atoms with Crippen molar-refractivity contribution in [1.82, 2.24) is 9.97 Å². The van der Waals surface area contributed by atoms with Crippen LogP contribution in [0.4, 0.5) is 0 Å². The van der Waals surface area contributed by atoms with Crippen molar-refractivity contribution in [2.24, 2.45) is 0 Å². The number of nitrogens with zero attached hydrogens (tertiary/aromatic N) is 3. The summed E-state index contributed by atoms with van der Waals surface area (Å²) >= 11 is 0. The van der Waals surface area contributed by atoms with Gasteiger partial charge >= 0.3 is 0 Å². The van der Waals surface area contributed by atoms with E-state index in [2.05, 4.69) is 49.1 Å². The van der Waals surface area contributed by atoms with E-state index in [0.717, 1.165) is 45.0 Å². The maximum Gasteiger partial charge on any atom is 0.208 e. The highest BCUT2D eigenvalue weighted by molar-refractivity contribution is 6.02. The Balaban J connectivity index is 1.27. The summed E-state index contributed by atoms with van der Waals surface area (Å²) in [5.41, 5.74) is 6.61. The van der Waals surface area contributed by atoms with Gasteiger partial charge in [-0.2, -0.15) is 5.26 Å². The number of phenols is 5. The monoisotopic (exact) mass is 655 g/mol. The van der Waals surface area contributed by atoms with Crippen molar-refractivity contribution in [3.8, 4) is 57.5 Å². The van der Waals surface area contributed by atoms with Crippen LogP contribution in [0.2, 0.25) is 0 Å². The first kappa shape index (κ1) is 31.5. The molecular weight excluding hydrogens is 626 g/mol. The average molecular weight is 656 g/mol. The Kier molecular flexibility index (Phi) is 8.08. The number of aromatic hydroxyl groups is 5. The molecule has 0 aliphatic heterocycles. The van der Waals surface area contributed by atoms with Crippen LogP contribution in [0.5, 0.6) is 28.7 Å². The van der Waals surface area contributed by atoms with Crippen LogP contribution in [0.25, 0.3) is 55.5 Å². The third-order valence-electron chi connectivity index (χ3n) is 8.75. The Labute approximate surface area is 287 Å². The number of rotatable bonds is 6. The van der Waals surface area contributed by atoms with Crippen molar-refractivity contribution in [2.75, 3.05) is 0 Å². The number of fused-ring (bicyclic) bond motifs is 2. The number of benzene rings is 5. The van der Waals surface area contributed by atoms with Crippen molar-refractivity contribution in [3.05, 3.63) is 150 Å². The highest BCUT2D eigenvalue weighted by Gasteiger charge is 2.27. The normalized spacial score (nSPS) is 13.8. The molecule has 242 valence electrons. The Hall–Kier alpha value is -7.11. The predicted molar refractivity (Wildman–Crippen MR) is 195 cm³/mol. The van der Waals surface area contributed by atoms with Gasteiger partial charge in [0.05, 0.1) is 28.4 Å². The van der Waals surface area contributed by atoms with Crippen molar-refractivity contribution < 1.29 is 25.5 Å². The summed E-state index contributed by atoms with van der Waals surface area (Å²) in [6.07, 6.45) is 12.9. The van der Waals surface area contributed by atoms with E-state index in [0.29, 0.717) is 22.0 Å². The van der Waals surface area contributed by atoms with E-state index in [9.17, 15) is 25.5 Å². The summed E-state index contributed by atoms with van der Waals surface area (Å²) in [6.45, 7) is 3.95. The molecule has 0 radical (unpaired) electrons. The standard InChI is InChI=1S/C42H29N3O5/c1-2-26(27-18-13-25(23-43)14-19-27)15-10-24-11-16-28(17-12-24)30-21-20-29-6-5-8-31(33(29)22-30)42-44-34-9-4-3-7-32(34)36(45-42)35-37(46)39(48)41(50)40(49)38(35)47/h2-11,13-22,46-50H,1,12H2/b24-10-,26-15+. The zero-order chi connectivity index (χ0) is 34.9. The topological polar surface area (TPSA) is 151 Å². The number of aromatic nitrogens is 2. The third kappa shape index (κ3) is 5.59. The van der Waals surface area contributed by atoms with Gasteiger partial charge in [0, 0.05) is 10.9 Å². The molecule has 8 nitrogen and oxygen atoms in total. The van der Waals surface area contributed by atoms with Crippen LogP contribution in [-0.2, 0) is 0 Å². The van der Waals surface area contributed by atoms with Crippen molar-refractivity contribution >= 4 is 32.8 Å². The van der Waals surface area contributed by atoms with Crippen molar-refractivity contribution in [2.45, 2.75) is 6.42 Å². The second-order valence-corrected chi connectivity index (χ2v) is 11.7. The molecule has 1 aromatic heterocycles. The van der Waals surface area contributed by atoms with E-state index >= 15 is 0 Å². The third-order valence-corrected chi connectivity index (χ3v) is 8.75. The molecule has 0 atom stereocenters. The molecule has 1 aliphatic rings. The number of allylic oxidation sites excluding steroid dienone is 9. The summed E-state index contributed by atoms with van der Waals surface area (Å²) in [5, 5.41) is 63.6. The minimum absolute atomic E-state index is 0.0597. The lowest BCUT2D eigenvalue weighted by Crippen LogP contribution is -1.97. The Morgan fingerprint density at radius 3 is 2.20 bits per heavy atom. The van der Waals surface area contributed by atoms with Gasteiger partial charge in [-0.1, -0.05) is 104 Å². The molecular formula is C42H29N3O5. The fourth-order valence-corrected chi connectivity index (χ4v) is 6.06. The molecule has 0 bridgehead atoms. The van der Waals surface area contributed by atoms with E-state index < -0.39 is 28.7 Å². The van der Waals surface area contributed by atoms with Crippen molar-refractivity contribution in [1.29, 1.82) is 5.26 Å². The van der Waals surface area contributed by atoms with Crippen LogP contribution in [0.3, 0.4) is 0 Å².